The van der Waals surface area contributed by atoms with Crippen molar-refractivity contribution in [3.05, 3.63) is 34.9 Å². The van der Waals surface area contributed by atoms with Crippen molar-refractivity contribution >= 4 is 16.7 Å². The van der Waals surface area contributed by atoms with E-state index in [4.69, 9.17) is 0 Å². The first-order valence-corrected chi connectivity index (χ1v) is 10.8. The Labute approximate surface area is 147 Å². The van der Waals surface area contributed by atoms with Crippen molar-refractivity contribution in [3.63, 3.8) is 0 Å². The Morgan fingerprint density at radius 3 is 2.50 bits per heavy atom. The number of fused-ring (bicyclic) bond motifs is 1. The van der Waals surface area contributed by atoms with Crippen LogP contribution in [0.3, 0.4) is 0 Å². The van der Waals surface area contributed by atoms with Gasteiger partial charge in [-0.1, -0.05) is 18.2 Å². The highest BCUT2D eigenvalue weighted by atomic mass is 32.2. The number of benzene rings is 1. The molecule has 1 atom stereocenters. The lowest BCUT2D eigenvalue weighted by molar-refractivity contribution is -0.132. The van der Waals surface area contributed by atoms with Gasteiger partial charge in [-0.05, 0) is 42.4 Å². The van der Waals surface area contributed by atoms with E-state index < -0.39 is 10.8 Å². The van der Waals surface area contributed by atoms with Crippen LogP contribution in [0.25, 0.3) is 0 Å². The zero-order chi connectivity index (χ0) is 16.9. The van der Waals surface area contributed by atoms with E-state index in [1.165, 1.54) is 30.4 Å². The molecule has 0 spiro atoms. The van der Waals surface area contributed by atoms with Gasteiger partial charge in [0.2, 0.25) is 5.91 Å². The normalized spacial score (nSPS) is 19.8. The lowest BCUT2D eigenvalue weighted by Crippen LogP contribution is -2.49. The van der Waals surface area contributed by atoms with Crippen LogP contribution in [0.5, 0.6) is 0 Å². The van der Waals surface area contributed by atoms with Gasteiger partial charge in [-0.25, -0.2) is 0 Å². The Bertz CT molecular complexity index is 609. The van der Waals surface area contributed by atoms with Gasteiger partial charge in [0.25, 0.3) is 0 Å². The molecule has 24 heavy (non-hydrogen) atoms. The van der Waals surface area contributed by atoms with Crippen molar-refractivity contribution in [2.45, 2.75) is 32.1 Å². The molecule has 0 unspecified atom stereocenters. The van der Waals surface area contributed by atoms with Crippen LogP contribution in [0.1, 0.15) is 29.5 Å². The van der Waals surface area contributed by atoms with E-state index in [1.807, 2.05) is 4.90 Å². The molecule has 1 aliphatic heterocycles. The quantitative estimate of drug-likeness (QED) is 0.812. The smallest absolute Gasteiger partial charge is 0.227 e. The lowest BCUT2D eigenvalue weighted by atomic mass is 9.90. The van der Waals surface area contributed by atoms with E-state index in [0.717, 1.165) is 50.5 Å². The minimum Gasteiger partial charge on any atom is -0.340 e. The summed E-state index contributed by atoms with van der Waals surface area (Å²) in [5.41, 5.74) is 4.08. The predicted octanol–water partition coefficient (Wildman–Crippen LogP) is 1.63. The maximum atomic E-state index is 12.6. The summed E-state index contributed by atoms with van der Waals surface area (Å²) in [6.07, 6.45) is 7.18. The first-order chi connectivity index (χ1) is 11.6. The molecule has 2 aliphatic rings. The third kappa shape index (κ3) is 4.67. The van der Waals surface area contributed by atoms with Crippen LogP contribution in [0, 0.1) is 0 Å². The second-order valence-electron chi connectivity index (χ2n) is 6.99. The van der Waals surface area contributed by atoms with Gasteiger partial charge in [0.1, 0.15) is 0 Å². The van der Waals surface area contributed by atoms with Gasteiger partial charge in [-0.2, -0.15) is 0 Å². The first kappa shape index (κ1) is 17.6. The molecule has 4 nitrogen and oxygen atoms in total. The largest absolute Gasteiger partial charge is 0.340 e. The number of carbonyl (C=O) groups is 1. The molecule has 1 amide bonds. The van der Waals surface area contributed by atoms with Gasteiger partial charge in [-0.3, -0.25) is 13.9 Å². The van der Waals surface area contributed by atoms with Crippen molar-refractivity contribution in [2.24, 2.45) is 0 Å². The summed E-state index contributed by atoms with van der Waals surface area (Å²) in [6.45, 7) is 4.25. The van der Waals surface area contributed by atoms with Crippen LogP contribution in [0.15, 0.2) is 18.2 Å². The summed E-state index contributed by atoms with van der Waals surface area (Å²) in [5, 5.41) is 0. The van der Waals surface area contributed by atoms with Crippen molar-refractivity contribution in [1.29, 1.82) is 0 Å². The fraction of sp³-hybridized carbons (Fsp3) is 0.632. The average molecular weight is 349 g/mol. The van der Waals surface area contributed by atoms with Crippen LogP contribution in [-0.4, -0.2) is 64.6 Å². The van der Waals surface area contributed by atoms with E-state index in [1.54, 1.807) is 6.26 Å². The molecule has 0 saturated carbocycles. The number of piperazine rings is 1. The van der Waals surface area contributed by atoms with Gasteiger partial charge in [0.05, 0.1) is 6.42 Å². The zero-order valence-corrected chi connectivity index (χ0v) is 15.4. The topological polar surface area (TPSA) is 40.6 Å². The Balaban J connectivity index is 1.50. The monoisotopic (exact) mass is 348 g/mol. The maximum absolute atomic E-state index is 12.6. The number of rotatable bonds is 5. The number of amides is 1. The second kappa shape index (κ2) is 8.26. The maximum Gasteiger partial charge on any atom is 0.227 e. The second-order valence-corrected chi connectivity index (χ2v) is 8.54. The molecule has 1 saturated heterocycles. The molecule has 0 N–H and O–H groups in total. The number of carbonyl (C=O) groups excluding carboxylic acids is 1. The summed E-state index contributed by atoms with van der Waals surface area (Å²) < 4.78 is 11.2. The van der Waals surface area contributed by atoms with Crippen LogP contribution in [0.2, 0.25) is 0 Å². The van der Waals surface area contributed by atoms with E-state index in [2.05, 4.69) is 23.1 Å². The van der Waals surface area contributed by atoms with Gasteiger partial charge in [0.15, 0.2) is 0 Å². The molecule has 132 valence electrons. The van der Waals surface area contributed by atoms with E-state index in [-0.39, 0.29) is 5.91 Å². The fourth-order valence-electron chi connectivity index (χ4n) is 3.66. The highest BCUT2D eigenvalue weighted by Gasteiger charge is 2.21. The molecule has 1 aromatic carbocycles. The molecular formula is C19H28N2O2S. The summed E-state index contributed by atoms with van der Waals surface area (Å²) >= 11 is 0. The minimum absolute atomic E-state index is 0.240. The van der Waals surface area contributed by atoms with Crippen molar-refractivity contribution in [2.75, 3.05) is 44.7 Å². The van der Waals surface area contributed by atoms with Gasteiger partial charge < -0.3 is 4.90 Å². The molecule has 0 aromatic heterocycles. The lowest BCUT2D eigenvalue weighted by Gasteiger charge is -2.34. The molecule has 1 fully saturated rings. The van der Waals surface area contributed by atoms with Crippen molar-refractivity contribution < 1.29 is 9.00 Å². The van der Waals surface area contributed by atoms with Gasteiger partial charge >= 0.3 is 0 Å². The molecule has 3 rings (SSSR count). The van der Waals surface area contributed by atoms with Gasteiger partial charge in [-0.15, -0.1) is 0 Å². The van der Waals surface area contributed by atoms with Gasteiger partial charge in [0, 0.05) is 55.5 Å². The molecule has 0 radical (unpaired) electrons. The highest BCUT2D eigenvalue weighted by Crippen LogP contribution is 2.22. The number of hydrogen-bond donors (Lipinski definition) is 0. The summed E-state index contributed by atoms with van der Waals surface area (Å²) in [7, 11) is -0.735. The minimum atomic E-state index is -0.735. The van der Waals surface area contributed by atoms with E-state index >= 15 is 0 Å². The standard InChI is InChI=1S/C19H28N2O2S/c1-24(23)13-12-20-8-10-21(11-9-20)19(22)15-16-6-7-17-4-2-3-5-18(17)14-16/h6-7,14H,2-5,8-13,15H2,1H3/t24-/m0/s1. The average Bonchev–Trinajstić information content (AvgIpc) is 2.60. The predicted molar refractivity (Wildman–Crippen MR) is 98.7 cm³/mol. The Morgan fingerprint density at radius 2 is 1.79 bits per heavy atom. The molecule has 0 bridgehead atoms. The Morgan fingerprint density at radius 1 is 1.08 bits per heavy atom. The highest BCUT2D eigenvalue weighted by molar-refractivity contribution is 7.84. The van der Waals surface area contributed by atoms with Crippen molar-refractivity contribution in [1.82, 2.24) is 9.80 Å². The van der Waals surface area contributed by atoms with Crippen LogP contribution in [0.4, 0.5) is 0 Å². The fourth-order valence-corrected chi connectivity index (χ4v) is 4.18. The van der Waals surface area contributed by atoms with E-state index in [0.29, 0.717) is 6.42 Å². The summed E-state index contributed by atoms with van der Waals surface area (Å²) in [4.78, 5) is 16.9. The third-order valence-corrected chi connectivity index (χ3v) is 5.95. The third-order valence-electron chi connectivity index (χ3n) is 5.19. The molecule has 5 heteroatoms. The Hall–Kier alpha value is -1.20. The van der Waals surface area contributed by atoms with E-state index in [9.17, 15) is 9.00 Å². The Kier molecular flexibility index (Phi) is 6.06. The van der Waals surface area contributed by atoms with Crippen LogP contribution in [-0.2, 0) is 34.9 Å². The van der Waals surface area contributed by atoms with Crippen molar-refractivity contribution in [3.8, 4) is 0 Å². The van der Waals surface area contributed by atoms with Crippen LogP contribution >= 0.6 is 0 Å². The molecule has 1 aliphatic carbocycles. The summed E-state index contributed by atoms with van der Waals surface area (Å²) in [6, 6.07) is 6.61. The SMILES string of the molecule is C[S@](=O)CCN1CCN(C(=O)Cc2ccc3c(c2)CCCC3)CC1. The number of aryl methyl sites for hydroxylation is 2. The zero-order valence-electron chi connectivity index (χ0n) is 14.6. The first-order valence-electron chi connectivity index (χ1n) is 9.02. The van der Waals surface area contributed by atoms with Crippen LogP contribution < -0.4 is 0 Å². The number of nitrogens with zero attached hydrogens (tertiary/aromatic N) is 2. The molecule has 1 aromatic rings. The molecular weight excluding hydrogens is 320 g/mol. The number of hydrogen-bond acceptors (Lipinski definition) is 3. The summed E-state index contributed by atoms with van der Waals surface area (Å²) in [5.74, 6) is 0.966. The molecule has 1 heterocycles.